The van der Waals surface area contributed by atoms with Gasteiger partial charge in [0.15, 0.2) is 0 Å². The van der Waals surface area contributed by atoms with E-state index in [1.54, 1.807) is 48.5 Å². The average Bonchev–Trinajstić information content (AvgIpc) is 2.39. The summed E-state index contributed by atoms with van der Waals surface area (Å²) < 4.78 is 11.9. The Labute approximate surface area is 119 Å². The summed E-state index contributed by atoms with van der Waals surface area (Å²) in [7, 11) is -1.34. The van der Waals surface area contributed by atoms with Crippen LogP contribution in [0, 0.1) is 0 Å². The van der Waals surface area contributed by atoms with Crippen molar-refractivity contribution in [3.05, 3.63) is 59.6 Å². The predicted molar refractivity (Wildman–Crippen MR) is 77.8 cm³/mol. The first-order valence-electron chi connectivity index (χ1n) is 5.64. The molecule has 0 saturated carbocycles. The molecule has 5 heteroatoms. The summed E-state index contributed by atoms with van der Waals surface area (Å²) in [5.74, 6) is -0.374. The fourth-order valence-electron chi connectivity index (χ4n) is 1.54. The minimum absolute atomic E-state index is 0.0729. The molecule has 2 aromatic rings. The second-order valence-electron chi connectivity index (χ2n) is 3.86. The molecule has 19 heavy (non-hydrogen) atoms. The number of anilines is 1. The van der Waals surface area contributed by atoms with E-state index >= 15 is 0 Å². The summed E-state index contributed by atoms with van der Waals surface area (Å²) in [5.41, 5.74) is 0.600. The lowest BCUT2D eigenvalue weighted by atomic mass is 10.3. The van der Waals surface area contributed by atoms with E-state index in [0.29, 0.717) is 15.6 Å². The third-order valence-corrected chi connectivity index (χ3v) is 3.93. The van der Waals surface area contributed by atoms with Crippen LogP contribution in [0.4, 0.5) is 5.69 Å². The van der Waals surface area contributed by atoms with Gasteiger partial charge in [0.1, 0.15) is 5.75 Å². The minimum atomic E-state index is -1.34. The number of nitrogens with one attached hydrogen (secondary N) is 1. The van der Waals surface area contributed by atoms with Crippen molar-refractivity contribution in [2.24, 2.45) is 0 Å². The summed E-state index contributed by atoms with van der Waals surface area (Å²) in [6.45, 7) is 0. The van der Waals surface area contributed by atoms with E-state index in [1.807, 2.05) is 6.07 Å². The normalized spacial score (nSPS) is 11.8. The maximum atomic E-state index is 11.9. The molecule has 0 bridgehead atoms. The zero-order valence-electron chi connectivity index (χ0n) is 10.0. The van der Waals surface area contributed by atoms with Gasteiger partial charge in [-0.3, -0.25) is 9.00 Å². The van der Waals surface area contributed by atoms with Crippen LogP contribution in [0.1, 0.15) is 0 Å². The molecule has 0 radical (unpaired) electrons. The molecule has 0 aliphatic heterocycles. The number of benzene rings is 2. The number of hydrogen-bond acceptors (Lipinski definition) is 2. The van der Waals surface area contributed by atoms with Crippen molar-refractivity contribution in [1.29, 1.82) is 0 Å². The van der Waals surface area contributed by atoms with Gasteiger partial charge in [0, 0.05) is 15.6 Å². The lowest BCUT2D eigenvalue weighted by Crippen LogP contribution is -2.19. The second-order valence-corrected chi connectivity index (χ2v) is 5.75. The molecule has 2 rings (SSSR count). The van der Waals surface area contributed by atoms with Gasteiger partial charge in [-0.25, -0.2) is 0 Å². The molecule has 0 fully saturated rings. The van der Waals surface area contributed by atoms with Gasteiger partial charge < -0.3 is 5.32 Å². The maximum Gasteiger partial charge on any atom is 0.237 e. The van der Waals surface area contributed by atoms with Crippen LogP contribution in [0.15, 0.2) is 59.5 Å². The van der Waals surface area contributed by atoms with E-state index in [4.69, 9.17) is 11.6 Å². The summed E-state index contributed by atoms with van der Waals surface area (Å²) >= 11 is 5.82. The number of hydrogen-bond donors (Lipinski definition) is 1. The van der Waals surface area contributed by atoms with E-state index in [-0.39, 0.29) is 11.7 Å². The molecule has 98 valence electrons. The van der Waals surface area contributed by atoms with E-state index < -0.39 is 10.8 Å². The van der Waals surface area contributed by atoms with Gasteiger partial charge in [0.05, 0.1) is 10.8 Å². The van der Waals surface area contributed by atoms with Crippen LogP contribution in [-0.2, 0) is 15.6 Å². The maximum absolute atomic E-state index is 11.9. The fourth-order valence-corrected chi connectivity index (χ4v) is 2.67. The van der Waals surface area contributed by atoms with Crippen LogP contribution in [0.25, 0.3) is 0 Å². The zero-order chi connectivity index (χ0) is 13.7. The molecule has 1 amide bonds. The van der Waals surface area contributed by atoms with Gasteiger partial charge in [-0.05, 0) is 30.3 Å². The summed E-state index contributed by atoms with van der Waals surface area (Å²) in [4.78, 5) is 12.4. The highest BCUT2D eigenvalue weighted by molar-refractivity contribution is 7.85. The first-order valence-corrected chi connectivity index (χ1v) is 7.34. The van der Waals surface area contributed by atoms with E-state index in [2.05, 4.69) is 5.32 Å². The van der Waals surface area contributed by atoms with Gasteiger partial charge in [0.2, 0.25) is 5.91 Å². The van der Waals surface area contributed by atoms with Crippen molar-refractivity contribution in [3.63, 3.8) is 0 Å². The Kier molecular flexibility index (Phi) is 4.71. The molecule has 0 aliphatic rings. The minimum Gasteiger partial charge on any atom is -0.325 e. The molecule has 1 unspecified atom stereocenters. The Morgan fingerprint density at radius 2 is 1.84 bits per heavy atom. The first kappa shape index (κ1) is 13.8. The molecule has 0 aliphatic carbocycles. The zero-order valence-corrected chi connectivity index (χ0v) is 11.6. The van der Waals surface area contributed by atoms with E-state index in [0.717, 1.165) is 0 Å². The predicted octanol–water partition coefficient (Wildman–Crippen LogP) is 3.09. The molecule has 1 N–H and O–H groups in total. The van der Waals surface area contributed by atoms with Crippen molar-refractivity contribution in [3.8, 4) is 0 Å². The molecule has 2 aromatic carbocycles. The van der Waals surface area contributed by atoms with Crippen molar-refractivity contribution < 1.29 is 9.00 Å². The van der Waals surface area contributed by atoms with Crippen molar-refractivity contribution in [2.75, 3.05) is 11.1 Å². The highest BCUT2D eigenvalue weighted by Crippen LogP contribution is 2.15. The summed E-state index contributed by atoms with van der Waals surface area (Å²) in [5, 5.41) is 3.21. The molecule has 0 heterocycles. The van der Waals surface area contributed by atoms with Gasteiger partial charge in [-0.2, -0.15) is 0 Å². The number of amides is 1. The summed E-state index contributed by atoms with van der Waals surface area (Å²) in [6, 6.07) is 15.7. The quantitative estimate of drug-likeness (QED) is 0.941. The van der Waals surface area contributed by atoms with Gasteiger partial charge in [-0.15, -0.1) is 0 Å². The number of rotatable bonds is 4. The molecular weight excluding hydrogens is 282 g/mol. The van der Waals surface area contributed by atoms with Gasteiger partial charge in [-0.1, -0.05) is 35.9 Å². The number of halogens is 1. The van der Waals surface area contributed by atoms with Crippen LogP contribution in [0.5, 0.6) is 0 Å². The van der Waals surface area contributed by atoms with Crippen LogP contribution < -0.4 is 5.32 Å². The monoisotopic (exact) mass is 293 g/mol. The molecule has 0 aromatic heterocycles. The van der Waals surface area contributed by atoms with Crippen molar-refractivity contribution >= 4 is 34.0 Å². The lowest BCUT2D eigenvalue weighted by Gasteiger charge is -2.05. The molecular formula is C14H12ClNO2S. The molecule has 3 nitrogen and oxygen atoms in total. The summed E-state index contributed by atoms with van der Waals surface area (Å²) in [6.07, 6.45) is 0. The van der Waals surface area contributed by atoms with Crippen LogP contribution >= 0.6 is 11.6 Å². The van der Waals surface area contributed by atoms with Crippen LogP contribution in [0.2, 0.25) is 5.02 Å². The third kappa shape index (κ3) is 4.19. The van der Waals surface area contributed by atoms with Gasteiger partial charge in [0.25, 0.3) is 0 Å². The first-order chi connectivity index (χ1) is 9.15. The second kappa shape index (κ2) is 6.50. The van der Waals surface area contributed by atoms with E-state index in [9.17, 15) is 9.00 Å². The Balaban J connectivity index is 1.97. The number of carbonyl (C=O) groups excluding carboxylic acids is 1. The third-order valence-electron chi connectivity index (χ3n) is 2.38. The number of carbonyl (C=O) groups is 1. The molecule has 1 atom stereocenters. The molecule has 0 saturated heterocycles. The van der Waals surface area contributed by atoms with Crippen molar-refractivity contribution in [2.45, 2.75) is 4.90 Å². The van der Waals surface area contributed by atoms with E-state index in [1.165, 1.54) is 0 Å². The topological polar surface area (TPSA) is 46.2 Å². The van der Waals surface area contributed by atoms with Crippen LogP contribution in [0.3, 0.4) is 0 Å². The lowest BCUT2D eigenvalue weighted by molar-refractivity contribution is -0.113. The SMILES string of the molecule is O=C(CS(=O)c1ccccc1)Nc1cccc(Cl)c1. The standard InChI is InChI=1S/C14H12ClNO2S/c15-11-5-4-6-12(9-11)16-14(17)10-19(18)13-7-2-1-3-8-13/h1-9H,10H2,(H,16,17). The highest BCUT2D eigenvalue weighted by Gasteiger charge is 2.10. The fraction of sp³-hybridized carbons (Fsp3) is 0.0714. The highest BCUT2D eigenvalue weighted by atomic mass is 35.5. The largest absolute Gasteiger partial charge is 0.325 e. The average molecular weight is 294 g/mol. The Morgan fingerprint density at radius 3 is 2.53 bits per heavy atom. The Bertz CT molecular complexity index is 601. The smallest absolute Gasteiger partial charge is 0.237 e. The van der Waals surface area contributed by atoms with Crippen molar-refractivity contribution in [1.82, 2.24) is 0 Å². The Hall–Kier alpha value is -1.65. The Morgan fingerprint density at radius 1 is 1.11 bits per heavy atom. The van der Waals surface area contributed by atoms with Crippen LogP contribution in [-0.4, -0.2) is 15.9 Å². The van der Waals surface area contributed by atoms with Gasteiger partial charge >= 0.3 is 0 Å². The molecule has 0 spiro atoms.